The van der Waals surface area contributed by atoms with Crippen molar-refractivity contribution in [2.75, 3.05) is 23.8 Å². The molecule has 0 aliphatic carbocycles. The van der Waals surface area contributed by atoms with Gasteiger partial charge in [0.1, 0.15) is 5.69 Å². The molecule has 1 saturated heterocycles. The van der Waals surface area contributed by atoms with Gasteiger partial charge in [-0.1, -0.05) is 17.7 Å². The Kier molecular flexibility index (Phi) is 5.62. The molecule has 132 valence electrons. The number of thiazole rings is 1. The molecule has 1 aromatic carbocycles. The normalized spacial score (nSPS) is 16.4. The zero-order valence-corrected chi connectivity index (χ0v) is 14.7. The van der Waals surface area contributed by atoms with Gasteiger partial charge in [-0.2, -0.15) is 0 Å². The van der Waals surface area contributed by atoms with Crippen molar-refractivity contribution in [1.82, 2.24) is 10.3 Å². The summed E-state index contributed by atoms with van der Waals surface area (Å²) in [5.41, 5.74) is 2.09. The Morgan fingerprint density at radius 1 is 1.28 bits per heavy atom. The maximum absolute atomic E-state index is 12.1. The van der Waals surface area contributed by atoms with Gasteiger partial charge in [-0.25, -0.2) is 9.78 Å². The van der Waals surface area contributed by atoms with Gasteiger partial charge >= 0.3 is 6.03 Å². The zero-order chi connectivity index (χ0) is 17.6. The van der Waals surface area contributed by atoms with Crippen LogP contribution in [0.25, 0.3) is 0 Å². The molecule has 1 fully saturated rings. The van der Waals surface area contributed by atoms with Crippen molar-refractivity contribution in [2.45, 2.75) is 25.9 Å². The molecule has 1 aromatic heterocycles. The number of anilines is 2. The summed E-state index contributed by atoms with van der Waals surface area (Å²) in [6.45, 7) is 3.21. The van der Waals surface area contributed by atoms with Gasteiger partial charge in [0.2, 0.25) is 0 Å². The molecule has 25 heavy (non-hydrogen) atoms. The van der Waals surface area contributed by atoms with Crippen molar-refractivity contribution in [3.05, 3.63) is 40.9 Å². The van der Waals surface area contributed by atoms with Crippen molar-refractivity contribution >= 4 is 34.1 Å². The van der Waals surface area contributed by atoms with Crippen LogP contribution in [0.15, 0.2) is 29.6 Å². The number of benzene rings is 1. The first-order valence-corrected chi connectivity index (χ1v) is 8.98. The first-order valence-electron chi connectivity index (χ1n) is 8.10. The molecular weight excluding hydrogens is 340 g/mol. The summed E-state index contributed by atoms with van der Waals surface area (Å²) in [7, 11) is 0. The third kappa shape index (κ3) is 5.01. The van der Waals surface area contributed by atoms with Crippen LogP contribution >= 0.6 is 11.3 Å². The molecule has 0 saturated carbocycles. The van der Waals surface area contributed by atoms with Crippen LogP contribution in [-0.4, -0.2) is 36.2 Å². The summed E-state index contributed by atoms with van der Waals surface area (Å²) >= 11 is 1.20. The van der Waals surface area contributed by atoms with Crippen LogP contribution in [0.1, 0.15) is 28.9 Å². The topological polar surface area (TPSA) is 92.4 Å². The Balaban J connectivity index is 1.49. The van der Waals surface area contributed by atoms with E-state index in [1.165, 1.54) is 11.3 Å². The predicted octanol–water partition coefficient (Wildman–Crippen LogP) is 3.00. The number of urea groups is 1. The minimum atomic E-state index is -0.399. The maximum Gasteiger partial charge on any atom is 0.325 e. The van der Waals surface area contributed by atoms with Crippen LogP contribution in [0.5, 0.6) is 0 Å². The van der Waals surface area contributed by atoms with E-state index in [1.807, 2.05) is 31.2 Å². The van der Waals surface area contributed by atoms with Gasteiger partial charge in [0.05, 0.1) is 6.10 Å². The van der Waals surface area contributed by atoms with Crippen LogP contribution in [0.4, 0.5) is 15.6 Å². The average Bonchev–Trinajstić information content (AvgIpc) is 3.26. The molecule has 8 heteroatoms. The number of ether oxygens (including phenoxy) is 1. The van der Waals surface area contributed by atoms with Gasteiger partial charge in [-0.15, -0.1) is 11.3 Å². The van der Waals surface area contributed by atoms with Gasteiger partial charge in [0.25, 0.3) is 5.91 Å². The second kappa shape index (κ2) is 8.09. The SMILES string of the molecule is Cc1ccc(NC(=O)Nc2nc(C(=O)NC[C@H]3CCCO3)cs2)cc1. The first kappa shape index (κ1) is 17.4. The van der Waals surface area contributed by atoms with Crippen LogP contribution in [-0.2, 0) is 4.74 Å². The largest absolute Gasteiger partial charge is 0.376 e. The Bertz CT molecular complexity index is 739. The van der Waals surface area contributed by atoms with Crippen LogP contribution in [0, 0.1) is 6.92 Å². The van der Waals surface area contributed by atoms with E-state index in [-0.39, 0.29) is 17.7 Å². The number of carbonyl (C=O) groups is 2. The fraction of sp³-hybridized carbons (Fsp3) is 0.353. The molecule has 2 heterocycles. The number of rotatable bonds is 5. The van der Waals surface area contributed by atoms with E-state index in [0.29, 0.717) is 17.4 Å². The molecule has 1 atom stereocenters. The van der Waals surface area contributed by atoms with Crippen LogP contribution < -0.4 is 16.0 Å². The molecule has 0 unspecified atom stereocenters. The molecule has 1 aliphatic heterocycles. The summed E-state index contributed by atoms with van der Waals surface area (Å²) < 4.78 is 5.46. The highest BCUT2D eigenvalue weighted by Crippen LogP contribution is 2.17. The smallest absolute Gasteiger partial charge is 0.325 e. The van der Waals surface area contributed by atoms with Crippen molar-refractivity contribution in [3.8, 4) is 0 Å². The predicted molar refractivity (Wildman–Crippen MR) is 97.2 cm³/mol. The number of aromatic nitrogens is 1. The van der Waals surface area contributed by atoms with E-state index in [0.717, 1.165) is 25.0 Å². The summed E-state index contributed by atoms with van der Waals surface area (Å²) in [5, 5.41) is 10.1. The lowest BCUT2D eigenvalue weighted by molar-refractivity contribution is 0.0854. The molecule has 0 radical (unpaired) electrons. The molecule has 2 aromatic rings. The average molecular weight is 360 g/mol. The van der Waals surface area contributed by atoms with Gasteiger partial charge in [0, 0.05) is 24.2 Å². The Hall–Kier alpha value is -2.45. The standard InChI is InChI=1S/C17H20N4O3S/c1-11-4-6-12(7-5-11)19-16(23)21-17-20-14(10-25-17)15(22)18-9-13-3-2-8-24-13/h4-7,10,13H,2-3,8-9H2,1H3,(H,18,22)(H2,19,20,21,23)/t13-/m1/s1. The second-order valence-corrected chi connectivity index (χ2v) is 6.69. The molecule has 1 aliphatic rings. The lowest BCUT2D eigenvalue weighted by atomic mass is 10.2. The summed E-state index contributed by atoms with van der Waals surface area (Å²) in [4.78, 5) is 28.2. The second-order valence-electron chi connectivity index (χ2n) is 5.83. The molecule has 0 spiro atoms. The lowest BCUT2D eigenvalue weighted by Gasteiger charge is -2.09. The number of hydrogen-bond donors (Lipinski definition) is 3. The number of carbonyl (C=O) groups excluding carboxylic acids is 2. The van der Waals surface area contributed by atoms with E-state index < -0.39 is 6.03 Å². The highest BCUT2D eigenvalue weighted by molar-refractivity contribution is 7.14. The van der Waals surface area contributed by atoms with E-state index in [1.54, 1.807) is 5.38 Å². The molecule has 0 bridgehead atoms. The van der Waals surface area contributed by atoms with E-state index in [9.17, 15) is 9.59 Å². The quantitative estimate of drug-likeness (QED) is 0.764. The Morgan fingerprint density at radius 3 is 2.80 bits per heavy atom. The molecule has 3 N–H and O–H groups in total. The van der Waals surface area contributed by atoms with E-state index in [4.69, 9.17) is 4.74 Å². The van der Waals surface area contributed by atoms with Crippen molar-refractivity contribution in [3.63, 3.8) is 0 Å². The summed E-state index contributed by atoms with van der Waals surface area (Å²) in [5.74, 6) is -0.265. The molecular formula is C17H20N4O3S. The number of aryl methyl sites for hydroxylation is 1. The summed E-state index contributed by atoms with van der Waals surface area (Å²) in [6.07, 6.45) is 2.07. The lowest BCUT2D eigenvalue weighted by Crippen LogP contribution is -2.32. The third-order valence-electron chi connectivity index (χ3n) is 3.78. The number of nitrogens with one attached hydrogen (secondary N) is 3. The fourth-order valence-corrected chi connectivity index (χ4v) is 3.12. The third-order valence-corrected chi connectivity index (χ3v) is 4.54. The Labute approximate surface area is 149 Å². The summed E-state index contributed by atoms with van der Waals surface area (Å²) in [6, 6.07) is 7.07. The van der Waals surface area contributed by atoms with Crippen LogP contribution in [0.3, 0.4) is 0 Å². The van der Waals surface area contributed by atoms with Crippen LogP contribution in [0.2, 0.25) is 0 Å². The minimum absolute atomic E-state index is 0.0838. The van der Waals surface area contributed by atoms with Crippen molar-refractivity contribution in [2.24, 2.45) is 0 Å². The molecule has 3 rings (SSSR count). The van der Waals surface area contributed by atoms with Gasteiger partial charge in [-0.3, -0.25) is 10.1 Å². The van der Waals surface area contributed by atoms with E-state index in [2.05, 4.69) is 20.9 Å². The van der Waals surface area contributed by atoms with Crippen molar-refractivity contribution in [1.29, 1.82) is 0 Å². The number of amides is 3. The Morgan fingerprint density at radius 2 is 2.08 bits per heavy atom. The minimum Gasteiger partial charge on any atom is -0.376 e. The van der Waals surface area contributed by atoms with Gasteiger partial charge in [0.15, 0.2) is 5.13 Å². The molecule has 3 amide bonds. The highest BCUT2D eigenvalue weighted by Gasteiger charge is 2.18. The monoisotopic (exact) mass is 360 g/mol. The zero-order valence-electron chi connectivity index (χ0n) is 13.9. The van der Waals surface area contributed by atoms with Gasteiger partial charge in [-0.05, 0) is 31.9 Å². The molecule has 7 nitrogen and oxygen atoms in total. The fourth-order valence-electron chi connectivity index (χ4n) is 2.43. The van der Waals surface area contributed by atoms with Gasteiger partial charge < -0.3 is 15.4 Å². The van der Waals surface area contributed by atoms with Crippen molar-refractivity contribution < 1.29 is 14.3 Å². The first-order chi connectivity index (χ1) is 12.1. The number of nitrogens with zero attached hydrogens (tertiary/aromatic N) is 1. The number of hydrogen-bond acceptors (Lipinski definition) is 5. The highest BCUT2D eigenvalue weighted by atomic mass is 32.1. The van der Waals surface area contributed by atoms with E-state index >= 15 is 0 Å². The maximum atomic E-state index is 12.1.